The van der Waals surface area contributed by atoms with Gasteiger partial charge in [0.25, 0.3) is 0 Å². The number of carboxylic acid groups (broad SMARTS) is 1. The first kappa shape index (κ1) is 31.1. The number of carboxylic acids is 1. The van der Waals surface area contributed by atoms with Crippen molar-refractivity contribution >= 4 is 23.9 Å². The van der Waals surface area contributed by atoms with E-state index in [1.54, 1.807) is 19.9 Å². The number of benzene rings is 1. The topological polar surface area (TPSA) is 142 Å². The van der Waals surface area contributed by atoms with E-state index in [0.717, 1.165) is 12.8 Å². The molecule has 0 amide bonds. The smallest absolute Gasteiger partial charge is 0.321 e. The van der Waals surface area contributed by atoms with Gasteiger partial charge in [-0.2, -0.15) is 0 Å². The van der Waals surface area contributed by atoms with E-state index in [2.05, 4.69) is 0 Å². The third-order valence-electron chi connectivity index (χ3n) is 6.31. The molecule has 1 aromatic rings. The van der Waals surface area contributed by atoms with Crippen molar-refractivity contribution in [3.8, 4) is 11.5 Å². The Kier molecular flexibility index (Phi) is 13.2. The summed E-state index contributed by atoms with van der Waals surface area (Å²) in [6.45, 7) is 11.1. The van der Waals surface area contributed by atoms with Crippen LogP contribution in [0.15, 0.2) is 18.2 Å². The number of carbonyl (C=O) groups is 4. The zero-order chi connectivity index (χ0) is 27.4. The minimum absolute atomic E-state index is 0.0126. The molecule has 0 radical (unpaired) electrons. The van der Waals surface area contributed by atoms with E-state index in [4.69, 9.17) is 19.9 Å². The number of aliphatic carboxylic acids is 1. The van der Waals surface area contributed by atoms with Crippen LogP contribution in [0.3, 0.4) is 0 Å². The fourth-order valence-corrected chi connectivity index (χ4v) is 3.56. The summed E-state index contributed by atoms with van der Waals surface area (Å²) in [4.78, 5) is 48.4. The highest BCUT2D eigenvalue weighted by Crippen LogP contribution is 2.36. The fourth-order valence-electron chi connectivity index (χ4n) is 3.56. The minimum atomic E-state index is -1.32. The third kappa shape index (κ3) is 9.97. The molecule has 36 heavy (non-hydrogen) atoms. The Morgan fingerprint density at radius 1 is 0.861 bits per heavy atom. The molecule has 0 fully saturated rings. The maximum absolute atomic E-state index is 12.6. The average molecular weight is 508 g/mol. The number of esters is 3. The summed E-state index contributed by atoms with van der Waals surface area (Å²) in [6.07, 6.45) is 2.15. The fraction of sp³-hybridized carbons (Fsp3) is 0.630. The average Bonchev–Trinajstić information content (AvgIpc) is 2.83. The molecule has 3 N–H and O–H groups in total. The second-order valence-electron chi connectivity index (χ2n) is 9.49. The van der Waals surface area contributed by atoms with Crippen LogP contribution in [-0.4, -0.2) is 41.6 Å². The largest absolute Gasteiger partial charge is 0.480 e. The second kappa shape index (κ2) is 15.2. The van der Waals surface area contributed by atoms with Gasteiger partial charge in [-0.3, -0.25) is 19.2 Å². The zero-order valence-corrected chi connectivity index (χ0v) is 22.2. The molecule has 1 rings (SSSR count). The minimum Gasteiger partial charge on any atom is -0.480 e. The molecule has 0 saturated carbocycles. The monoisotopic (exact) mass is 507 g/mol. The van der Waals surface area contributed by atoms with E-state index in [9.17, 15) is 24.3 Å². The van der Waals surface area contributed by atoms with Gasteiger partial charge in [-0.1, -0.05) is 60.5 Å². The first-order valence-corrected chi connectivity index (χ1v) is 12.6. The predicted octanol–water partition coefficient (Wildman–Crippen LogP) is 4.45. The van der Waals surface area contributed by atoms with Crippen molar-refractivity contribution < 1.29 is 38.5 Å². The molecule has 4 unspecified atom stereocenters. The molecule has 0 saturated heterocycles. The van der Waals surface area contributed by atoms with Crippen molar-refractivity contribution in [2.45, 2.75) is 85.6 Å². The summed E-state index contributed by atoms with van der Waals surface area (Å²) in [7, 11) is 0. The number of carbonyl (C=O) groups excluding carboxylic acids is 3. The van der Waals surface area contributed by atoms with Gasteiger partial charge in [0.05, 0.1) is 6.61 Å². The number of ether oxygens (including phenoxy) is 3. The molecule has 0 aromatic heterocycles. The molecule has 0 aliphatic rings. The van der Waals surface area contributed by atoms with Crippen LogP contribution in [0.4, 0.5) is 0 Å². The van der Waals surface area contributed by atoms with E-state index in [1.165, 1.54) is 12.1 Å². The zero-order valence-electron chi connectivity index (χ0n) is 22.2. The van der Waals surface area contributed by atoms with Crippen LogP contribution in [0, 0.1) is 17.8 Å². The Bertz CT molecular complexity index is 900. The van der Waals surface area contributed by atoms with E-state index >= 15 is 0 Å². The molecular formula is C27H41NO8. The van der Waals surface area contributed by atoms with Crippen molar-refractivity contribution in [1.29, 1.82) is 0 Å². The van der Waals surface area contributed by atoms with Gasteiger partial charge in [0, 0.05) is 25.2 Å². The highest BCUT2D eigenvalue weighted by Gasteiger charge is 2.32. The summed E-state index contributed by atoms with van der Waals surface area (Å²) in [6, 6.07) is 3.22. The normalized spacial score (nSPS) is 15.2. The van der Waals surface area contributed by atoms with Gasteiger partial charge in [0.2, 0.25) is 0 Å². The highest BCUT2D eigenvalue weighted by molar-refractivity contribution is 5.77. The molecule has 0 aliphatic heterocycles. The van der Waals surface area contributed by atoms with Gasteiger partial charge in [-0.05, 0) is 35.4 Å². The lowest BCUT2D eigenvalue weighted by Gasteiger charge is -2.28. The van der Waals surface area contributed by atoms with Crippen LogP contribution < -0.4 is 15.2 Å². The summed E-state index contributed by atoms with van der Waals surface area (Å²) >= 11 is 0. The van der Waals surface area contributed by atoms with Crippen molar-refractivity contribution in [2.75, 3.05) is 6.61 Å². The Labute approximate surface area is 213 Å². The Balaban J connectivity index is 3.38. The van der Waals surface area contributed by atoms with Crippen LogP contribution in [0.25, 0.3) is 0 Å². The molecule has 0 aliphatic carbocycles. The highest BCUT2D eigenvalue weighted by atomic mass is 16.6. The summed E-state index contributed by atoms with van der Waals surface area (Å²) in [5.74, 6) is -3.54. The first-order chi connectivity index (χ1) is 16.9. The number of hydrogen-bond acceptors (Lipinski definition) is 8. The van der Waals surface area contributed by atoms with Crippen LogP contribution in [-0.2, 0) is 23.9 Å². The Morgan fingerprint density at radius 2 is 1.39 bits per heavy atom. The van der Waals surface area contributed by atoms with Crippen molar-refractivity contribution in [2.24, 2.45) is 23.5 Å². The number of hydrogen-bond donors (Lipinski definition) is 2. The molecule has 0 spiro atoms. The lowest BCUT2D eigenvalue weighted by Crippen LogP contribution is -2.40. The van der Waals surface area contributed by atoms with Crippen molar-refractivity contribution in [1.82, 2.24) is 0 Å². The summed E-state index contributed by atoms with van der Waals surface area (Å²) in [5, 5.41) is 9.62. The molecule has 5 atom stereocenters. The quantitative estimate of drug-likeness (QED) is 0.260. The molecule has 9 heteroatoms. The van der Waals surface area contributed by atoms with Gasteiger partial charge in [0.1, 0.15) is 6.04 Å². The molecular weight excluding hydrogens is 466 g/mol. The SMILES string of the molecule is CCC(=O)OCC(C)C(c1ccc(OC(=O)CC(C)CC)c(OC(=O)CC(C)CC)c1)[C@H](N)C(=O)O. The van der Waals surface area contributed by atoms with Crippen molar-refractivity contribution in [3.63, 3.8) is 0 Å². The van der Waals surface area contributed by atoms with Gasteiger partial charge in [-0.15, -0.1) is 0 Å². The van der Waals surface area contributed by atoms with Crippen LogP contribution in [0.2, 0.25) is 0 Å². The van der Waals surface area contributed by atoms with Crippen LogP contribution in [0.5, 0.6) is 11.5 Å². The van der Waals surface area contributed by atoms with Gasteiger partial charge in [0.15, 0.2) is 11.5 Å². The maximum Gasteiger partial charge on any atom is 0.321 e. The van der Waals surface area contributed by atoms with Gasteiger partial charge >= 0.3 is 23.9 Å². The van der Waals surface area contributed by atoms with E-state index in [-0.39, 0.29) is 49.2 Å². The molecule has 0 bridgehead atoms. The molecule has 0 heterocycles. The summed E-state index contributed by atoms with van der Waals surface area (Å²) < 4.78 is 16.3. The predicted molar refractivity (Wildman–Crippen MR) is 135 cm³/mol. The summed E-state index contributed by atoms with van der Waals surface area (Å²) in [5.41, 5.74) is 6.48. The van der Waals surface area contributed by atoms with Crippen molar-refractivity contribution in [3.05, 3.63) is 23.8 Å². The van der Waals surface area contributed by atoms with E-state index < -0.39 is 41.8 Å². The third-order valence-corrected chi connectivity index (χ3v) is 6.31. The first-order valence-electron chi connectivity index (χ1n) is 12.6. The van der Waals surface area contributed by atoms with E-state index in [0.29, 0.717) is 5.56 Å². The van der Waals surface area contributed by atoms with Crippen LogP contribution in [0.1, 0.15) is 85.1 Å². The second-order valence-corrected chi connectivity index (χ2v) is 9.49. The lowest BCUT2D eigenvalue weighted by atomic mass is 9.82. The molecule has 202 valence electrons. The van der Waals surface area contributed by atoms with Gasteiger partial charge in [-0.25, -0.2) is 0 Å². The molecule has 1 aromatic carbocycles. The Morgan fingerprint density at radius 3 is 1.86 bits per heavy atom. The standard InChI is InChI=1S/C27H41NO8/c1-7-16(4)12-23(30)35-20-11-10-19(14-21(20)36-24(31)13-17(5)8-2)25(26(28)27(32)33)18(6)15-34-22(29)9-3/h10-11,14,16-18,25-26H,7-9,12-13,15,28H2,1-6H3,(H,32,33)/t16?,17?,18?,25?,26-/m0/s1. The van der Waals surface area contributed by atoms with Gasteiger partial charge < -0.3 is 25.1 Å². The molecule has 9 nitrogen and oxygen atoms in total. The lowest BCUT2D eigenvalue weighted by molar-refractivity contribution is -0.145. The van der Waals surface area contributed by atoms with Crippen LogP contribution >= 0.6 is 0 Å². The maximum atomic E-state index is 12.6. The number of rotatable bonds is 15. The Hall–Kier alpha value is -2.94. The number of nitrogens with two attached hydrogens (primary N) is 1. The van der Waals surface area contributed by atoms with E-state index in [1.807, 2.05) is 27.7 Å².